The second-order valence-corrected chi connectivity index (χ2v) is 6.43. The molecule has 0 saturated carbocycles. The van der Waals surface area contributed by atoms with Gasteiger partial charge >= 0.3 is 11.9 Å². The Hall–Kier alpha value is -3.32. The number of carboxylic acids is 2. The molecule has 1 heterocycles. The molecule has 0 amide bonds. The summed E-state index contributed by atoms with van der Waals surface area (Å²) in [5.74, 6) is -0.735. The number of carboxylic acid groups (broad SMARTS) is 2. The van der Waals surface area contributed by atoms with Gasteiger partial charge in [-0.05, 0) is 36.2 Å². The van der Waals surface area contributed by atoms with Crippen molar-refractivity contribution in [3.8, 4) is 11.5 Å². The van der Waals surface area contributed by atoms with Gasteiger partial charge in [0, 0.05) is 31.8 Å². The molecule has 7 nitrogen and oxygen atoms in total. The normalized spacial score (nSPS) is 16.1. The molecule has 2 N–H and O–H groups in total. The molecular formula is C22H25NO6. The Morgan fingerprint density at radius 1 is 1.00 bits per heavy atom. The molecule has 154 valence electrons. The van der Waals surface area contributed by atoms with Crippen LogP contribution in [0.5, 0.6) is 11.5 Å². The lowest BCUT2D eigenvalue weighted by atomic mass is 10.2. The second-order valence-electron chi connectivity index (χ2n) is 6.43. The van der Waals surface area contributed by atoms with E-state index in [2.05, 4.69) is 35.2 Å². The van der Waals surface area contributed by atoms with E-state index in [-0.39, 0.29) is 6.10 Å². The summed E-state index contributed by atoms with van der Waals surface area (Å²) >= 11 is 0. The van der Waals surface area contributed by atoms with Gasteiger partial charge in [0.15, 0.2) is 0 Å². The van der Waals surface area contributed by atoms with Gasteiger partial charge in [0.25, 0.3) is 0 Å². The smallest absolute Gasteiger partial charge is 0.328 e. The third kappa shape index (κ3) is 8.49. The Morgan fingerprint density at radius 3 is 2.14 bits per heavy atom. The number of nitrogens with zero attached hydrogens (tertiary/aromatic N) is 1. The number of ether oxygens (including phenoxy) is 2. The van der Waals surface area contributed by atoms with E-state index in [0.29, 0.717) is 12.2 Å². The highest BCUT2D eigenvalue weighted by Gasteiger charge is 2.23. The minimum absolute atomic E-state index is 0.280. The summed E-state index contributed by atoms with van der Waals surface area (Å²) < 4.78 is 11.2. The number of likely N-dealkylation sites (tertiary alicyclic amines) is 1. The number of rotatable bonds is 7. The predicted molar refractivity (Wildman–Crippen MR) is 108 cm³/mol. The molecule has 29 heavy (non-hydrogen) atoms. The molecule has 1 unspecified atom stereocenters. The Bertz CT molecular complexity index is 788. The summed E-state index contributed by atoms with van der Waals surface area (Å²) in [7, 11) is 1.67. The van der Waals surface area contributed by atoms with E-state index in [9.17, 15) is 9.59 Å². The number of benzene rings is 2. The molecule has 0 radical (unpaired) electrons. The van der Waals surface area contributed by atoms with Crippen LogP contribution in [0.3, 0.4) is 0 Å². The van der Waals surface area contributed by atoms with Crippen molar-refractivity contribution in [3.63, 3.8) is 0 Å². The van der Waals surface area contributed by atoms with E-state index in [4.69, 9.17) is 19.7 Å². The van der Waals surface area contributed by atoms with Crippen molar-refractivity contribution in [2.24, 2.45) is 0 Å². The maximum atomic E-state index is 9.55. The van der Waals surface area contributed by atoms with Gasteiger partial charge in [-0.2, -0.15) is 0 Å². The van der Waals surface area contributed by atoms with E-state index in [1.165, 1.54) is 5.56 Å². The van der Waals surface area contributed by atoms with Crippen molar-refractivity contribution in [1.82, 2.24) is 4.90 Å². The molecular weight excluding hydrogens is 374 g/mol. The van der Waals surface area contributed by atoms with Crippen LogP contribution in [-0.2, 0) is 16.1 Å². The Kier molecular flexibility index (Phi) is 8.72. The average molecular weight is 399 g/mol. The van der Waals surface area contributed by atoms with Crippen molar-refractivity contribution in [3.05, 3.63) is 72.3 Å². The zero-order valence-corrected chi connectivity index (χ0v) is 16.2. The van der Waals surface area contributed by atoms with Crippen LogP contribution < -0.4 is 9.47 Å². The van der Waals surface area contributed by atoms with Gasteiger partial charge in [-0.15, -0.1) is 0 Å². The van der Waals surface area contributed by atoms with Crippen LogP contribution in [0.15, 0.2) is 66.7 Å². The molecule has 1 aliphatic rings. The first kappa shape index (κ1) is 22.0. The lowest BCUT2D eigenvalue weighted by molar-refractivity contribution is -0.134. The first-order valence-electron chi connectivity index (χ1n) is 9.17. The Balaban J connectivity index is 0.000000321. The zero-order chi connectivity index (χ0) is 21.1. The Morgan fingerprint density at radius 2 is 1.59 bits per heavy atom. The number of hydrogen-bond acceptors (Lipinski definition) is 5. The highest BCUT2D eigenvalue weighted by molar-refractivity contribution is 5.89. The summed E-state index contributed by atoms with van der Waals surface area (Å²) in [6.45, 7) is 3.08. The molecule has 0 aliphatic carbocycles. The molecule has 0 bridgehead atoms. The van der Waals surface area contributed by atoms with Gasteiger partial charge in [-0.1, -0.05) is 30.3 Å². The summed E-state index contributed by atoms with van der Waals surface area (Å²) in [6, 6.07) is 18.4. The first-order chi connectivity index (χ1) is 14.0. The van der Waals surface area contributed by atoms with E-state index in [1.54, 1.807) is 7.11 Å². The minimum atomic E-state index is -1.26. The maximum absolute atomic E-state index is 9.55. The van der Waals surface area contributed by atoms with E-state index in [1.807, 2.05) is 24.3 Å². The molecule has 1 atom stereocenters. The van der Waals surface area contributed by atoms with Gasteiger partial charge in [0.2, 0.25) is 0 Å². The van der Waals surface area contributed by atoms with Crippen LogP contribution in [0.25, 0.3) is 0 Å². The van der Waals surface area contributed by atoms with Crippen LogP contribution >= 0.6 is 0 Å². The molecule has 2 aromatic rings. The average Bonchev–Trinajstić information content (AvgIpc) is 3.15. The highest BCUT2D eigenvalue weighted by Crippen LogP contribution is 2.22. The summed E-state index contributed by atoms with van der Waals surface area (Å²) in [5.41, 5.74) is 1.36. The summed E-state index contributed by atoms with van der Waals surface area (Å²) in [6.07, 6.45) is 2.48. The molecule has 2 aromatic carbocycles. The maximum Gasteiger partial charge on any atom is 0.328 e. The van der Waals surface area contributed by atoms with Crippen LogP contribution in [0.4, 0.5) is 0 Å². The molecule has 0 spiro atoms. The standard InChI is InChI=1S/C18H21NO2.C4H4O4/c1-20-16-7-9-17(10-8-16)21-18-11-12-19(14-18)13-15-5-3-2-4-6-15;5-3(6)1-2-4(7)8/h2-10,18H,11-14H2,1H3;1-2H,(H,5,6)(H,7,8)/b;2-1-. The van der Waals surface area contributed by atoms with Crippen LogP contribution in [0.1, 0.15) is 12.0 Å². The van der Waals surface area contributed by atoms with Crippen LogP contribution in [0.2, 0.25) is 0 Å². The first-order valence-corrected chi connectivity index (χ1v) is 9.17. The van der Waals surface area contributed by atoms with Gasteiger partial charge in [-0.3, -0.25) is 4.90 Å². The fourth-order valence-corrected chi connectivity index (χ4v) is 2.87. The monoisotopic (exact) mass is 399 g/mol. The topological polar surface area (TPSA) is 96.3 Å². The fourth-order valence-electron chi connectivity index (χ4n) is 2.87. The van der Waals surface area contributed by atoms with Gasteiger partial charge in [0.1, 0.15) is 17.6 Å². The van der Waals surface area contributed by atoms with Crippen molar-refractivity contribution < 1.29 is 29.3 Å². The quantitative estimate of drug-likeness (QED) is 0.691. The van der Waals surface area contributed by atoms with Crippen LogP contribution in [-0.4, -0.2) is 53.4 Å². The molecule has 1 saturated heterocycles. The third-order valence-electron chi connectivity index (χ3n) is 4.21. The molecule has 1 aliphatic heterocycles. The SMILES string of the molecule is COc1ccc(OC2CCN(Cc3ccccc3)C2)cc1.O=C(O)/C=C\C(=O)O. The van der Waals surface area contributed by atoms with Gasteiger partial charge < -0.3 is 19.7 Å². The fraction of sp³-hybridized carbons (Fsp3) is 0.273. The minimum Gasteiger partial charge on any atom is -0.497 e. The second kappa shape index (κ2) is 11.5. The summed E-state index contributed by atoms with van der Waals surface area (Å²) in [5, 5.41) is 15.6. The molecule has 0 aromatic heterocycles. The van der Waals surface area contributed by atoms with Crippen molar-refractivity contribution >= 4 is 11.9 Å². The van der Waals surface area contributed by atoms with Gasteiger partial charge in [0.05, 0.1) is 7.11 Å². The molecule has 3 rings (SSSR count). The number of methoxy groups -OCH3 is 1. The lowest BCUT2D eigenvalue weighted by Gasteiger charge is -2.17. The predicted octanol–water partition coefficient (Wildman–Crippen LogP) is 3.06. The highest BCUT2D eigenvalue weighted by atomic mass is 16.5. The van der Waals surface area contributed by atoms with Crippen molar-refractivity contribution in [2.75, 3.05) is 20.2 Å². The molecule has 7 heteroatoms. The molecule has 1 fully saturated rings. The number of hydrogen-bond donors (Lipinski definition) is 2. The van der Waals surface area contributed by atoms with Crippen molar-refractivity contribution in [1.29, 1.82) is 0 Å². The third-order valence-corrected chi connectivity index (χ3v) is 4.21. The summed E-state index contributed by atoms with van der Waals surface area (Å²) in [4.78, 5) is 21.6. The van der Waals surface area contributed by atoms with Crippen molar-refractivity contribution in [2.45, 2.75) is 19.1 Å². The Labute approximate surface area is 169 Å². The largest absolute Gasteiger partial charge is 0.497 e. The van der Waals surface area contributed by atoms with E-state index in [0.717, 1.165) is 37.6 Å². The lowest BCUT2D eigenvalue weighted by Crippen LogP contribution is -2.24. The number of carbonyl (C=O) groups is 2. The van der Waals surface area contributed by atoms with Gasteiger partial charge in [-0.25, -0.2) is 9.59 Å². The van der Waals surface area contributed by atoms with E-state index >= 15 is 0 Å². The van der Waals surface area contributed by atoms with E-state index < -0.39 is 11.9 Å². The number of aliphatic carboxylic acids is 2. The zero-order valence-electron chi connectivity index (χ0n) is 16.2. The van der Waals surface area contributed by atoms with Crippen LogP contribution in [0, 0.1) is 0 Å².